The minimum absolute atomic E-state index is 0.466. The monoisotopic (exact) mass is 252 g/mol. The van der Waals surface area contributed by atoms with Crippen molar-refractivity contribution in [1.29, 1.82) is 0 Å². The van der Waals surface area contributed by atoms with E-state index in [2.05, 4.69) is 66.1 Å². The minimum atomic E-state index is -1.23. The molecule has 1 aliphatic rings. The lowest BCUT2D eigenvalue weighted by Crippen LogP contribution is -2.53. The third-order valence-electron chi connectivity index (χ3n) is 4.54. The molecule has 0 bridgehead atoms. The van der Waals surface area contributed by atoms with Gasteiger partial charge in [0, 0.05) is 0 Å². The molecule has 0 aromatic carbocycles. The summed E-state index contributed by atoms with van der Waals surface area (Å²) in [6.07, 6.45) is 2.64. The van der Waals surface area contributed by atoms with Gasteiger partial charge in [0.25, 0.3) is 0 Å². The molecule has 16 heavy (non-hydrogen) atoms. The molecule has 0 fully saturated rings. The van der Waals surface area contributed by atoms with Gasteiger partial charge in [0.05, 0.1) is 16.1 Å². The molecule has 0 nitrogen and oxygen atoms in total. The summed E-state index contributed by atoms with van der Waals surface area (Å²) in [5.41, 5.74) is 4.77. The Hall–Kier alpha value is -0.0862. The predicted molar refractivity (Wildman–Crippen MR) is 81.5 cm³/mol. The van der Waals surface area contributed by atoms with Gasteiger partial charge in [-0.15, -0.1) is 0 Å². The van der Waals surface area contributed by atoms with Gasteiger partial charge in [-0.05, 0) is 31.0 Å². The molecule has 92 valence electrons. The van der Waals surface area contributed by atoms with Crippen LogP contribution < -0.4 is 0 Å². The van der Waals surface area contributed by atoms with Crippen molar-refractivity contribution in [2.45, 2.75) is 64.7 Å². The first kappa shape index (κ1) is 14.0. The third kappa shape index (κ3) is 1.70. The fourth-order valence-corrected chi connectivity index (χ4v) is 16.7. The molecule has 0 spiro atoms. The highest BCUT2D eigenvalue weighted by atomic mass is 28.4. The van der Waals surface area contributed by atoms with Crippen LogP contribution in [-0.2, 0) is 0 Å². The molecule has 0 amide bonds. The fourth-order valence-electron chi connectivity index (χ4n) is 3.82. The summed E-state index contributed by atoms with van der Waals surface area (Å²) < 4.78 is 0.466. The Morgan fingerprint density at radius 1 is 0.812 bits per heavy atom. The van der Waals surface area contributed by atoms with Gasteiger partial charge in [-0.3, -0.25) is 0 Å². The summed E-state index contributed by atoms with van der Waals surface area (Å²) in [5, 5.41) is 0. The van der Waals surface area contributed by atoms with E-state index in [1.54, 1.807) is 11.1 Å². The van der Waals surface area contributed by atoms with Crippen molar-refractivity contribution in [3.8, 4) is 0 Å². The molecule has 0 aromatic heterocycles. The van der Waals surface area contributed by atoms with E-state index in [1.165, 1.54) is 5.57 Å². The fraction of sp³-hybridized carbons (Fsp3) is 0.714. The smallest absolute Gasteiger partial charge is 0.0566 e. The van der Waals surface area contributed by atoms with Crippen molar-refractivity contribution in [2.24, 2.45) is 0 Å². The van der Waals surface area contributed by atoms with E-state index in [0.29, 0.717) is 4.66 Å². The van der Waals surface area contributed by atoms with Gasteiger partial charge < -0.3 is 0 Å². The van der Waals surface area contributed by atoms with E-state index in [1.807, 2.05) is 0 Å². The number of hydrogen-bond donors (Lipinski definition) is 0. The quantitative estimate of drug-likeness (QED) is 0.590. The summed E-state index contributed by atoms with van der Waals surface area (Å²) in [7, 11) is -2.46. The molecule has 0 heterocycles. The van der Waals surface area contributed by atoms with Gasteiger partial charge in [-0.25, -0.2) is 0 Å². The van der Waals surface area contributed by atoms with Gasteiger partial charge in [-0.2, -0.15) is 0 Å². The average Bonchev–Trinajstić information content (AvgIpc) is 2.27. The molecule has 1 aliphatic carbocycles. The molecule has 0 aromatic rings. The molecule has 0 saturated heterocycles. The molecule has 1 rings (SSSR count). The minimum Gasteiger partial charge on any atom is -0.0765 e. The molecule has 0 N–H and O–H groups in total. The van der Waals surface area contributed by atoms with E-state index in [0.717, 1.165) is 0 Å². The lowest BCUT2D eigenvalue weighted by Gasteiger charge is -2.50. The molecule has 2 heteroatoms. The highest BCUT2D eigenvalue weighted by Crippen LogP contribution is 2.59. The summed E-state index contributed by atoms with van der Waals surface area (Å²) in [5.74, 6) is 0. The summed E-state index contributed by atoms with van der Waals surface area (Å²) in [4.78, 5) is 0. The maximum atomic E-state index is 2.64. The van der Waals surface area contributed by atoms with Crippen molar-refractivity contribution in [3.05, 3.63) is 22.8 Å². The van der Waals surface area contributed by atoms with Crippen LogP contribution in [0.3, 0.4) is 0 Å². The van der Waals surface area contributed by atoms with Gasteiger partial charge in [0.1, 0.15) is 0 Å². The Kier molecular flexibility index (Phi) is 3.24. The van der Waals surface area contributed by atoms with Crippen LogP contribution in [0.15, 0.2) is 22.8 Å². The van der Waals surface area contributed by atoms with Crippen LogP contribution in [0.2, 0.25) is 43.9 Å². The van der Waals surface area contributed by atoms with Crippen LogP contribution in [0.5, 0.6) is 0 Å². The lowest BCUT2D eigenvalue weighted by atomic mass is 10.1. The molecule has 0 unspecified atom stereocenters. The first-order chi connectivity index (χ1) is 6.95. The molecule has 0 atom stereocenters. The Morgan fingerprint density at radius 2 is 1.19 bits per heavy atom. The zero-order valence-corrected chi connectivity index (χ0v) is 14.6. The zero-order chi connectivity index (χ0) is 12.9. The summed E-state index contributed by atoms with van der Waals surface area (Å²) in [6.45, 7) is 22.2. The first-order valence-corrected chi connectivity index (χ1v) is 13.3. The Morgan fingerprint density at radius 3 is 1.31 bits per heavy atom. The standard InChI is InChI=1S/C14H28Si2/c1-11-10-14(15(4,5)6,16(7,8)9)13(3)12(11)2/h10H,1-9H3. The van der Waals surface area contributed by atoms with E-state index >= 15 is 0 Å². The molecule has 0 aliphatic heterocycles. The highest BCUT2D eigenvalue weighted by molar-refractivity contribution is 7.00. The zero-order valence-electron chi connectivity index (χ0n) is 12.6. The van der Waals surface area contributed by atoms with E-state index in [9.17, 15) is 0 Å². The topological polar surface area (TPSA) is 0 Å². The van der Waals surface area contributed by atoms with Crippen LogP contribution in [0.25, 0.3) is 0 Å². The van der Waals surface area contributed by atoms with Gasteiger partial charge in [0.2, 0.25) is 0 Å². The second-order valence-corrected chi connectivity index (χ2v) is 18.5. The maximum absolute atomic E-state index is 2.64. The third-order valence-corrected chi connectivity index (χ3v) is 14.8. The van der Waals surface area contributed by atoms with Crippen LogP contribution in [0.1, 0.15) is 20.8 Å². The number of rotatable bonds is 2. The Labute approximate surface area is 104 Å². The van der Waals surface area contributed by atoms with Crippen molar-refractivity contribution >= 4 is 16.1 Å². The SMILES string of the molecule is CC1=CC([Si](C)(C)C)([Si](C)(C)C)C(C)=C1C. The van der Waals surface area contributed by atoms with Crippen LogP contribution in [0.4, 0.5) is 0 Å². The first-order valence-electron chi connectivity index (χ1n) is 6.33. The second-order valence-electron chi connectivity index (χ2n) is 7.39. The van der Waals surface area contributed by atoms with Crippen molar-refractivity contribution in [3.63, 3.8) is 0 Å². The molecular formula is C14H28Si2. The van der Waals surface area contributed by atoms with Crippen molar-refractivity contribution < 1.29 is 0 Å². The normalized spacial score (nSPS) is 21.4. The summed E-state index contributed by atoms with van der Waals surface area (Å²) in [6, 6.07) is 0. The van der Waals surface area contributed by atoms with Crippen molar-refractivity contribution in [1.82, 2.24) is 0 Å². The average molecular weight is 253 g/mol. The molecule has 0 radical (unpaired) electrons. The lowest BCUT2D eigenvalue weighted by molar-refractivity contribution is 0.997. The van der Waals surface area contributed by atoms with Crippen molar-refractivity contribution in [2.75, 3.05) is 0 Å². The van der Waals surface area contributed by atoms with Crippen LogP contribution in [0, 0.1) is 0 Å². The van der Waals surface area contributed by atoms with Gasteiger partial charge >= 0.3 is 0 Å². The molecular weight excluding hydrogens is 224 g/mol. The van der Waals surface area contributed by atoms with E-state index < -0.39 is 16.1 Å². The van der Waals surface area contributed by atoms with E-state index in [4.69, 9.17) is 0 Å². The Balaban J connectivity index is 3.56. The van der Waals surface area contributed by atoms with Gasteiger partial charge in [0.15, 0.2) is 0 Å². The van der Waals surface area contributed by atoms with Crippen LogP contribution in [-0.4, -0.2) is 16.1 Å². The number of hydrogen-bond acceptors (Lipinski definition) is 0. The predicted octanol–water partition coefficient (Wildman–Crippen LogP) is 5.24. The summed E-state index contributed by atoms with van der Waals surface area (Å²) >= 11 is 0. The van der Waals surface area contributed by atoms with E-state index in [-0.39, 0.29) is 0 Å². The molecule has 0 saturated carbocycles. The van der Waals surface area contributed by atoms with Crippen LogP contribution >= 0.6 is 0 Å². The second kappa shape index (κ2) is 3.71. The maximum Gasteiger partial charge on any atom is 0.0566 e. The highest BCUT2D eigenvalue weighted by Gasteiger charge is 2.54. The Bertz CT molecular complexity index is 345. The van der Waals surface area contributed by atoms with Gasteiger partial charge in [-0.1, -0.05) is 56.5 Å². The number of allylic oxidation sites excluding steroid dienone is 4. The largest absolute Gasteiger partial charge is 0.0765 e.